The molecule has 4 rings (SSSR count). The Labute approximate surface area is 208 Å². The van der Waals surface area contributed by atoms with Crippen LogP contribution in [0.5, 0.6) is 11.6 Å². The van der Waals surface area contributed by atoms with Gasteiger partial charge in [0.1, 0.15) is 28.8 Å². The lowest BCUT2D eigenvalue weighted by atomic mass is 9.83. The number of methoxy groups -OCH3 is 1. The Bertz CT molecular complexity index is 1270. The lowest BCUT2D eigenvalue weighted by Gasteiger charge is -2.47. The van der Waals surface area contributed by atoms with Crippen molar-refractivity contribution >= 4 is 17.7 Å². The van der Waals surface area contributed by atoms with Crippen LogP contribution in [0.1, 0.15) is 33.4 Å². The van der Waals surface area contributed by atoms with Crippen molar-refractivity contribution in [3.05, 3.63) is 36.4 Å². The van der Waals surface area contributed by atoms with E-state index in [9.17, 15) is 4.79 Å². The average molecular weight is 493 g/mol. The van der Waals surface area contributed by atoms with Gasteiger partial charge in [0, 0.05) is 30.8 Å². The summed E-state index contributed by atoms with van der Waals surface area (Å²) in [6.45, 7) is 9.04. The van der Waals surface area contributed by atoms with Crippen LogP contribution in [0.2, 0.25) is 0 Å². The number of pyridine rings is 1. The van der Waals surface area contributed by atoms with Crippen molar-refractivity contribution in [2.24, 2.45) is 5.41 Å². The Morgan fingerprint density at radius 2 is 2.03 bits per heavy atom. The molecule has 36 heavy (non-hydrogen) atoms. The van der Waals surface area contributed by atoms with Gasteiger partial charge in [-0.25, -0.2) is 19.7 Å². The van der Waals surface area contributed by atoms with Crippen LogP contribution in [-0.2, 0) is 4.74 Å². The van der Waals surface area contributed by atoms with E-state index in [0.29, 0.717) is 54.2 Å². The number of amides is 1. The van der Waals surface area contributed by atoms with Gasteiger partial charge in [0.25, 0.3) is 0 Å². The van der Waals surface area contributed by atoms with Gasteiger partial charge in [-0.1, -0.05) is 6.92 Å². The topological polar surface area (TPSA) is 151 Å². The van der Waals surface area contributed by atoms with E-state index >= 15 is 0 Å². The lowest BCUT2D eigenvalue weighted by Crippen LogP contribution is -2.60. The van der Waals surface area contributed by atoms with Gasteiger partial charge in [0.05, 0.1) is 31.8 Å². The first-order valence-corrected chi connectivity index (χ1v) is 11.3. The molecule has 188 valence electrons. The molecular formula is C24H28N8O4. The number of carbonyl (C=O) groups excluding carboxylic acids is 1. The number of aromatic nitrogens is 5. The molecule has 0 atom stereocenters. The summed E-state index contributed by atoms with van der Waals surface area (Å²) >= 11 is 0. The van der Waals surface area contributed by atoms with E-state index in [1.807, 2.05) is 26.8 Å². The van der Waals surface area contributed by atoms with E-state index < -0.39 is 5.60 Å². The number of nitrogens with zero attached hydrogens (tertiary/aromatic N) is 6. The fraction of sp³-hybridized carbons (Fsp3) is 0.417. The summed E-state index contributed by atoms with van der Waals surface area (Å²) in [4.78, 5) is 26.4. The molecule has 12 nitrogen and oxygen atoms in total. The highest BCUT2D eigenvalue weighted by atomic mass is 16.6. The van der Waals surface area contributed by atoms with Crippen LogP contribution in [0.4, 0.5) is 16.4 Å². The quantitative estimate of drug-likeness (QED) is 0.501. The van der Waals surface area contributed by atoms with Gasteiger partial charge in [-0.15, -0.1) is 0 Å². The van der Waals surface area contributed by atoms with Crippen LogP contribution in [0.25, 0.3) is 11.3 Å². The zero-order valence-corrected chi connectivity index (χ0v) is 20.8. The summed E-state index contributed by atoms with van der Waals surface area (Å²) in [6, 6.07) is 5.45. The second-order valence-corrected chi connectivity index (χ2v) is 9.82. The lowest BCUT2D eigenvalue weighted by molar-refractivity contribution is -0.0428. The van der Waals surface area contributed by atoms with Crippen molar-refractivity contribution in [2.75, 3.05) is 32.1 Å². The minimum atomic E-state index is -0.535. The Hall–Kier alpha value is -4.40. The van der Waals surface area contributed by atoms with Crippen molar-refractivity contribution in [1.29, 1.82) is 5.26 Å². The van der Waals surface area contributed by atoms with Crippen molar-refractivity contribution in [3.63, 3.8) is 0 Å². The summed E-state index contributed by atoms with van der Waals surface area (Å²) in [7, 11) is 1.53. The van der Waals surface area contributed by atoms with Gasteiger partial charge in [-0.2, -0.15) is 10.4 Å². The zero-order chi connectivity index (χ0) is 25.9. The second-order valence-electron chi connectivity index (χ2n) is 9.82. The number of hydrogen-bond acceptors (Lipinski definition) is 10. The Morgan fingerprint density at radius 1 is 1.25 bits per heavy atom. The molecule has 0 bridgehead atoms. The van der Waals surface area contributed by atoms with Crippen LogP contribution in [0, 0.1) is 16.7 Å². The molecule has 12 heteroatoms. The van der Waals surface area contributed by atoms with Crippen LogP contribution in [0.3, 0.4) is 0 Å². The Morgan fingerprint density at radius 3 is 2.67 bits per heavy atom. The maximum Gasteiger partial charge on any atom is 0.410 e. The summed E-state index contributed by atoms with van der Waals surface area (Å²) in [6.07, 6.45) is 4.11. The number of nitriles is 1. The summed E-state index contributed by atoms with van der Waals surface area (Å²) < 4.78 is 17.1. The van der Waals surface area contributed by atoms with Crippen LogP contribution in [-0.4, -0.2) is 68.5 Å². The van der Waals surface area contributed by atoms with Gasteiger partial charge in [0.2, 0.25) is 5.88 Å². The molecule has 0 radical (unpaired) electrons. The predicted octanol–water partition coefficient (Wildman–Crippen LogP) is 3.52. The molecule has 0 unspecified atom stereocenters. The first kappa shape index (κ1) is 24.7. The number of H-pyrrole nitrogens is 1. The molecule has 4 heterocycles. The minimum Gasteiger partial charge on any atom is -0.492 e. The third-order valence-electron chi connectivity index (χ3n) is 5.31. The second kappa shape index (κ2) is 9.69. The number of likely N-dealkylation sites (tertiary alicyclic amines) is 1. The van der Waals surface area contributed by atoms with Crippen LogP contribution < -0.4 is 14.8 Å². The molecule has 3 aromatic rings. The van der Waals surface area contributed by atoms with Crippen LogP contribution >= 0.6 is 0 Å². The van der Waals surface area contributed by atoms with Gasteiger partial charge < -0.3 is 24.4 Å². The van der Waals surface area contributed by atoms with E-state index in [2.05, 4.69) is 37.4 Å². The van der Waals surface area contributed by atoms with E-state index in [1.54, 1.807) is 23.2 Å². The van der Waals surface area contributed by atoms with Crippen molar-refractivity contribution in [1.82, 2.24) is 30.0 Å². The van der Waals surface area contributed by atoms with Crippen LogP contribution in [0.15, 0.2) is 30.7 Å². The Balaban J connectivity index is 1.46. The number of ether oxygens (including phenoxy) is 3. The Kier molecular flexibility index (Phi) is 6.65. The van der Waals surface area contributed by atoms with Crippen molar-refractivity contribution in [2.45, 2.75) is 33.3 Å². The van der Waals surface area contributed by atoms with Crippen molar-refractivity contribution in [3.8, 4) is 29.0 Å². The number of hydrogen-bond donors (Lipinski definition) is 2. The first-order valence-electron chi connectivity index (χ1n) is 11.3. The molecule has 0 spiro atoms. The molecule has 1 aliphatic rings. The fourth-order valence-corrected chi connectivity index (χ4v) is 3.72. The maximum absolute atomic E-state index is 12.3. The highest BCUT2D eigenvalue weighted by molar-refractivity contribution is 5.74. The van der Waals surface area contributed by atoms with Crippen molar-refractivity contribution < 1.29 is 19.0 Å². The zero-order valence-electron chi connectivity index (χ0n) is 20.8. The maximum atomic E-state index is 12.3. The normalized spacial score (nSPS) is 14.4. The molecule has 1 saturated heterocycles. The average Bonchev–Trinajstić information content (AvgIpc) is 3.28. The highest BCUT2D eigenvalue weighted by Crippen LogP contribution is 2.39. The number of nitrogens with one attached hydrogen (secondary N) is 2. The molecular weight excluding hydrogens is 464 g/mol. The molecule has 0 aromatic carbocycles. The molecule has 0 saturated carbocycles. The third kappa shape index (κ3) is 5.63. The number of aromatic amines is 1. The van der Waals surface area contributed by atoms with Gasteiger partial charge in [-0.05, 0) is 26.8 Å². The standard InChI is InChI=1S/C24H28N8O4/c1-23(2,3)36-22(33)32-12-24(4,13-32)14-35-17-6-7-26-21(34-5)20(17)16-8-18(31-30-16)29-19-11-27-15(9-25)10-28-19/h6-8,10-11H,12-14H2,1-5H3,(H2,28,29,30,31). The van der Waals surface area contributed by atoms with Gasteiger partial charge in [-0.3, -0.25) is 5.10 Å². The number of anilines is 2. The van der Waals surface area contributed by atoms with Gasteiger partial charge >= 0.3 is 6.09 Å². The third-order valence-corrected chi connectivity index (χ3v) is 5.31. The molecule has 2 N–H and O–H groups in total. The van der Waals surface area contributed by atoms with Gasteiger partial charge in [0.15, 0.2) is 11.5 Å². The molecule has 3 aromatic heterocycles. The number of carbonyl (C=O) groups is 1. The predicted molar refractivity (Wildman–Crippen MR) is 130 cm³/mol. The SMILES string of the molecule is COc1nccc(OCC2(C)CN(C(=O)OC(C)(C)C)C2)c1-c1cc(Nc2cnc(C#N)cn2)n[nH]1. The largest absolute Gasteiger partial charge is 0.492 e. The number of rotatable bonds is 7. The van der Waals surface area contributed by atoms with E-state index in [-0.39, 0.29) is 17.2 Å². The van der Waals surface area contributed by atoms with E-state index in [1.165, 1.54) is 19.5 Å². The minimum absolute atomic E-state index is 0.222. The summed E-state index contributed by atoms with van der Waals surface area (Å²) in [5, 5.41) is 19.1. The molecule has 1 aliphatic heterocycles. The molecule has 1 fully saturated rings. The highest BCUT2D eigenvalue weighted by Gasteiger charge is 2.43. The summed E-state index contributed by atoms with van der Waals surface area (Å²) in [5.41, 5.74) is 0.692. The molecule has 1 amide bonds. The fourth-order valence-electron chi connectivity index (χ4n) is 3.72. The summed E-state index contributed by atoms with van der Waals surface area (Å²) in [5.74, 6) is 1.86. The first-order chi connectivity index (χ1) is 17.1. The monoisotopic (exact) mass is 492 g/mol. The van der Waals surface area contributed by atoms with E-state index in [4.69, 9.17) is 19.5 Å². The molecule has 0 aliphatic carbocycles. The van der Waals surface area contributed by atoms with E-state index in [0.717, 1.165) is 0 Å². The smallest absolute Gasteiger partial charge is 0.410 e.